The number of Topliss-reactive ketones (excluding diaryl/α,β-unsaturated/α-hetero) is 1. The lowest BCUT2D eigenvalue weighted by atomic mass is 10.0. The van der Waals surface area contributed by atoms with Crippen LogP contribution in [0.4, 0.5) is 0 Å². The summed E-state index contributed by atoms with van der Waals surface area (Å²) < 4.78 is 17.8. The molecule has 2 aromatic carbocycles. The lowest BCUT2D eigenvalue weighted by Gasteiger charge is -2.31. The van der Waals surface area contributed by atoms with Gasteiger partial charge in [-0.2, -0.15) is 11.8 Å². The van der Waals surface area contributed by atoms with Gasteiger partial charge in [-0.3, -0.25) is 4.79 Å². The van der Waals surface area contributed by atoms with Gasteiger partial charge in [0, 0.05) is 40.8 Å². The van der Waals surface area contributed by atoms with E-state index in [9.17, 15) is 4.79 Å². The van der Waals surface area contributed by atoms with E-state index in [-0.39, 0.29) is 12.2 Å². The summed E-state index contributed by atoms with van der Waals surface area (Å²) in [5.74, 6) is 2.58. The maximum absolute atomic E-state index is 13.1. The number of ketones is 1. The van der Waals surface area contributed by atoms with E-state index in [1.54, 1.807) is 37.4 Å². The van der Waals surface area contributed by atoms with Crippen LogP contribution in [0.15, 0.2) is 30.3 Å². The molecule has 0 bridgehead atoms. The number of fused-ring (bicyclic) bond motifs is 1. The Labute approximate surface area is 172 Å². The van der Waals surface area contributed by atoms with E-state index in [0.29, 0.717) is 38.4 Å². The molecule has 0 saturated carbocycles. The monoisotopic (exact) mass is 424 g/mol. The summed E-state index contributed by atoms with van der Waals surface area (Å²) in [4.78, 5) is 13.1. The second-order valence-corrected chi connectivity index (χ2v) is 8.54. The number of benzene rings is 2. The van der Waals surface area contributed by atoms with E-state index >= 15 is 0 Å². The minimum atomic E-state index is -0.709. The van der Waals surface area contributed by atoms with Crippen molar-refractivity contribution in [2.45, 2.75) is 25.0 Å². The highest BCUT2D eigenvalue weighted by atomic mass is 35.5. The molecule has 0 amide bonds. The van der Waals surface area contributed by atoms with E-state index in [4.69, 9.17) is 37.4 Å². The van der Waals surface area contributed by atoms with Crippen molar-refractivity contribution in [2.24, 2.45) is 0 Å². The number of rotatable bonds is 4. The van der Waals surface area contributed by atoms with Crippen LogP contribution in [0.25, 0.3) is 0 Å². The van der Waals surface area contributed by atoms with Crippen LogP contribution in [0.3, 0.4) is 0 Å². The minimum Gasteiger partial charge on any atom is -0.493 e. The first-order valence-corrected chi connectivity index (χ1v) is 10.6. The van der Waals surface area contributed by atoms with E-state index in [0.717, 1.165) is 24.3 Å². The number of carbonyl (C=O) groups is 1. The molecule has 0 unspecified atom stereocenters. The van der Waals surface area contributed by atoms with E-state index in [1.165, 1.54) is 0 Å². The van der Waals surface area contributed by atoms with Crippen molar-refractivity contribution in [3.05, 3.63) is 51.5 Å². The first kappa shape index (κ1) is 18.8. The molecule has 1 fully saturated rings. The molecule has 0 aromatic heterocycles. The van der Waals surface area contributed by atoms with Gasteiger partial charge < -0.3 is 14.2 Å². The van der Waals surface area contributed by atoms with Gasteiger partial charge in [0.2, 0.25) is 5.75 Å². The molecule has 2 aromatic rings. The van der Waals surface area contributed by atoms with Gasteiger partial charge in [0.15, 0.2) is 17.3 Å². The first-order valence-electron chi connectivity index (χ1n) is 8.66. The third-order valence-electron chi connectivity index (χ3n) is 4.83. The number of ether oxygens (including phenoxy) is 3. The zero-order valence-corrected chi connectivity index (χ0v) is 17.0. The summed E-state index contributed by atoms with van der Waals surface area (Å²) in [6.07, 6.45) is 1.61. The molecule has 7 heteroatoms. The standard InChI is InChI=1S/C20H18Cl2O4S/c1-24-17-6-5-12(16(23)11-13-14(21)3-2-4-15(13)22)18-19(17)26-20(25-18)7-9-27-10-8-20/h2-6H,7-11H2,1H3. The minimum absolute atomic E-state index is 0.0868. The SMILES string of the molecule is COc1ccc(C(=O)Cc2c(Cl)cccc2Cl)c2c1OC1(CCSCC1)O2. The van der Waals surface area contributed by atoms with Crippen LogP contribution in [0.2, 0.25) is 10.0 Å². The second-order valence-electron chi connectivity index (χ2n) is 6.50. The summed E-state index contributed by atoms with van der Waals surface area (Å²) >= 11 is 14.3. The summed E-state index contributed by atoms with van der Waals surface area (Å²) in [5.41, 5.74) is 1.06. The quantitative estimate of drug-likeness (QED) is 0.612. The molecule has 0 N–H and O–H groups in total. The van der Waals surface area contributed by atoms with Crippen LogP contribution in [-0.4, -0.2) is 30.2 Å². The Morgan fingerprint density at radius 2 is 1.78 bits per heavy atom. The second kappa shape index (κ2) is 7.46. The topological polar surface area (TPSA) is 44.8 Å². The van der Waals surface area contributed by atoms with Crippen LogP contribution < -0.4 is 14.2 Å². The molecule has 1 spiro atoms. The van der Waals surface area contributed by atoms with Crippen LogP contribution in [-0.2, 0) is 6.42 Å². The van der Waals surface area contributed by atoms with Gasteiger partial charge >= 0.3 is 0 Å². The van der Waals surface area contributed by atoms with Gasteiger partial charge in [-0.15, -0.1) is 0 Å². The van der Waals surface area contributed by atoms with Crippen LogP contribution >= 0.6 is 35.0 Å². The maximum atomic E-state index is 13.1. The number of thioether (sulfide) groups is 1. The van der Waals surface area contributed by atoms with Crippen molar-refractivity contribution in [2.75, 3.05) is 18.6 Å². The van der Waals surface area contributed by atoms with Crippen molar-refractivity contribution in [1.82, 2.24) is 0 Å². The van der Waals surface area contributed by atoms with E-state index in [2.05, 4.69) is 0 Å². The fraction of sp³-hybridized carbons (Fsp3) is 0.350. The summed E-state index contributed by atoms with van der Waals surface area (Å²) in [5, 5.41) is 0.943. The van der Waals surface area contributed by atoms with Gasteiger partial charge in [0.05, 0.1) is 12.7 Å². The molecule has 0 radical (unpaired) electrons. The molecule has 4 rings (SSSR count). The van der Waals surface area contributed by atoms with Crippen molar-refractivity contribution < 1.29 is 19.0 Å². The Bertz CT molecular complexity index is 874. The Hall–Kier alpha value is -1.56. The summed E-state index contributed by atoms with van der Waals surface area (Å²) in [6, 6.07) is 8.65. The number of halogens is 2. The lowest BCUT2D eigenvalue weighted by Crippen LogP contribution is -2.42. The average molecular weight is 425 g/mol. The lowest BCUT2D eigenvalue weighted by molar-refractivity contribution is -0.0852. The number of hydrogen-bond acceptors (Lipinski definition) is 5. The number of carbonyl (C=O) groups excluding carboxylic acids is 1. The smallest absolute Gasteiger partial charge is 0.253 e. The highest BCUT2D eigenvalue weighted by molar-refractivity contribution is 7.99. The highest BCUT2D eigenvalue weighted by Gasteiger charge is 2.45. The Balaban J connectivity index is 1.69. The molecule has 4 nitrogen and oxygen atoms in total. The Morgan fingerprint density at radius 3 is 2.44 bits per heavy atom. The predicted octanol–water partition coefficient (Wildman–Crippen LogP) is 5.42. The molecule has 0 atom stereocenters. The van der Waals surface area contributed by atoms with Crippen LogP contribution in [0.1, 0.15) is 28.8 Å². The summed E-state index contributed by atoms with van der Waals surface area (Å²) in [7, 11) is 1.58. The normalized spacial score (nSPS) is 17.1. The summed E-state index contributed by atoms with van der Waals surface area (Å²) in [6.45, 7) is 0. The molecule has 142 valence electrons. The van der Waals surface area contributed by atoms with Gasteiger partial charge in [-0.1, -0.05) is 29.3 Å². The van der Waals surface area contributed by atoms with Crippen LogP contribution in [0, 0.1) is 0 Å². The number of methoxy groups -OCH3 is 1. The largest absolute Gasteiger partial charge is 0.493 e. The van der Waals surface area contributed by atoms with Crippen molar-refractivity contribution >= 4 is 40.7 Å². The van der Waals surface area contributed by atoms with Gasteiger partial charge in [0.1, 0.15) is 0 Å². The third-order valence-corrected chi connectivity index (χ3v) is 6.52. The molecular weight excluding hydrogens is 407 g/mol. The predicted molar refractivity (Wildman–Crippen MR) is 108 cm³/mol. The van der Waals surface area contributed by atoms with E-state index < -0.39 is 5.79 Å². The van der Waals surface area contributed by atoms with Crippen LogP contribution in [0.5, 0.6) is 17.2 Å². The van der Waals surface area contributed by atoms with Gasteiger partial charge in [-0.05, 0) is 29.8 Å². The molecule has 2 heterocycles. The fourth-order valence-electron chi connectivity index (χ4n) is 3.36. The third kappa shape index (κ3) is 3.48. The molecule has 2 aliphatic rings. The maximum Gasteiger partial charge on any atom is 0.253 e. The molecular formula is C20H18Cl2O4S. The molecule has 27 heavy (non-hydrogen) atoms. The molecule has 2 aliphatic heterocycles. The average Bonchev–Trinajstić information content (AvgIpc) is 3.02. The zero-order chi connectivity index (χ0) is 19.0. The highest BCUT2D eigenvalue weighted by Crippen LogP contribution is 2.51. The Morgan fingerprint density at radius 1 is 1.11 bits per heavy atom. The van der Waals surface area contributed by atoms with Crippen molar-refractivity contribution in [1.29, 1.82) is 0 Å². The molecule has 0 aliphatic carbocycles. The van der Waals surface area contributed by atoms with Gasteiger partial charge in [-0.25, -0.2) is 0 Å². The fourth-order valence-corrected chi connectivity index (χ4v) is 5.01. The number of hydrogen-bond donors (Lipinski definition) is 0. The van der Waals surface area contributed by atoms with Crippen molar-refractivity contribution in [3.8, 4) is 17.2 Å². The molecule has 1 saturated heterocycles. The van der Waals surface area contributed by atoms with Crippen molar-refractivity contribution in [3.63, 3.8) is 0 Å². The Kier molecular flexibility index (Phi) is 5.19. The van der Waals surface area contributed by atoms with Gasteiger partial charge in [0.25, 0.3) is 5.79 Å². The first-order chi connectivity index (χ1) is 13.0. The van der Waals surface area contributed by atoms with E-state index in [1.807, 2.05) is 11.8 Å². The zero-order valence-electron chi connectivity index (χ0n) is 14.7.